The molecule has 1 aliphatic heterocycles. The molecule has 2 bridgehead atoms. The van der Waals surface area contributed by atoms with E-state index in [1.54, 1.807) is 0 Å². The van der Waals surface area contributed by atoms with Crippen LogP contribution in [0.15, 0.2) is 22.1 Å². The predicted molar refractivity (Wildman–Crippen MR) is 47.6 cm³/mol. The molecule has 2 aliphatic rings. The zero-order chi connectivity index (χ0) is 9.64. The number of alkyl halides is 3. The predicted octanol–water partition coefficient (Wildman–Crippen LogP) is 3.69. The molecule has 1 aliphatic carbocycles. The van der Waals surface area contributed by atoms with Gasteiger partial charge in [-0.05, 0) is 6.42 Å². The second-order valence-corrected chi connectivity index (χ2v) is 4.72. The maximum atomic E-state index is 12.2. The van der Waals surface area contributed by atoms with E-state index in [9.17, 15) is 13.2 Å². The van der Waals surface area contributed by atoms with Crippen LogP contribution in [0.4, 0.5) is 13.2 Å². The third kappa shape index (κ3) is 1.62. The number of hydrogen-bond donors (Lipinski definition) is 0. The third-order valence-corrected chi connectivity index (χ3v) is 4.07. The van der Waals surface area contributed by atoms with Crippen molar-refractivity contribution in [3.05, 3.63) is 22.1 Å². The summed E-state index contributed by atoms with van der Waals surface area (Å²) in [5.74, 6) is -0.0934. The summed E-state index contributed by atoms with van der Waals surface area (Å²) >= 11 is 6.49. The lowest BCUT2D eigenvalue weighted by Gasteiger charge is -2.12. The molecule has 13 heavy (non-hydrogen) atoms. The van der Waals surface area contributed by atoms with E-state index in [1.165, 1.54) is 11.8 Å². The van der Waals surface area contributed by atoms with Gasteiger partial charge in [0.15, 0.2) is 0 Å². The largest absolute Gasteiger partial charge is 0.427 e. The van der Waals surface area contributed by atoms with Gasteiger partial charge in [0.05, 0.1) is 0 Å². The lowest BCUT2D eigenvalue weighted by Crippen LogP contribution is -2.10. The summed E-state index contributed by atoms with van der Waals surface area (Å²) in [7, 11) is 0. The molecule has 0 radical (unpaired) electrons. The van der Waals surface area contributed by atoms with Gasteiger partial charge in [-0.2, -0.15) is 13.2 Å². The fourth-order valence-corrected chi connectivity index (χ4v) is 3.19. The van der Waals surface area contributed by atoms with E-state index in [0.717, 1.165) is 6.42 Å². The first-order chi connectivity index (χ1) is 5.98. The number of fused-ring (bicyclic) bond motifs is 2. The molecule has 5 heteroatoms. The quantitative estimate of drug-likeness (QED) is 0.568. The van der Waals surface area contributed by atoms with Crippen LogP contribution in [0, 0.1) is 5.92 Å². The van der Waals surface area contributed by atoms with E-state index in [-0.39, 0.29) is 11.2 Å². The van der Waals surface area contributed by atoms with Gasteiger partial charge in [-0.25, -0.2) is 0 Å². The van der Waals surface area contributed by atoms with Gasteiger partial charge >= 0.3 is 6.18 Å². The van der Waals surface area contributed by atoms with Crippen LogP contribution in [0.1, 0.15) is 6.42 Å². The minimum absolute atomic E-state index is 0.0934. The van der Waals surface area contributed by atoms with Crippen molar-refractivity contribution in [2.24, 2.45) is 5.92 Å². The summed E-state index contributed by atoms with van der Waals surface area (Å²) in [6.07, 6.45) is 0.137. The van der Waals surface area contributed by atoms with Gasteiger partial charge in [0.2, 0.25) is 0 Å². The van der Waals surface area contributed by atoms with Gasteiger partial charge in [-0.3, -0.25) is 0 Å². The van der Waals surface area contributed by atoms with Crippen LogP contribution in [0.25, 0.3) is 0 Å². The molecule has 0 aromatic heterocycles. The lowest BCUT2D eigenvalue weighted by molar-refractivity contribution is -0.0850. The minimum Gasteiger partial charge on any atom is -0.165 e. The summed E-state index contributed by atoms with van der Waals surface area (Å²) in [4.78, 5) is 0.293. The third-order valence-electron chi connectivity index (χ3n) is 2.12. The molecule has 1 saturated heterocycles. The monoisotopic (exact) mass is 226 g/mol. The second kappa shape index (κ2) is 2.95. The molecular weight excluding hydrogens is 221 g/mol. The van der Waals surface area contributed by atoms with E-state index in [0.29, 0.717) is 4.91 Å². The average Bonchev–Trinajstić information content (AvgIpc) is 2.60. The average molecular weight is 227 g/mol. The smallest absolute Gasteiger partial charge is 0.165 e. The van der Waals surface area contributed by atoms with Crippen LogP contribution in [0.2, 0.25) is 0 Å². The van der Waals surface area contributed by atoms with Crippen molar-refractivity contribution < 1.29 is 13.2 Å². The Bertz CT molecular complexity index is 292. The molecule has 0 unspecified atom stereocenters. The maximum absolute atomic E-state index is 12.2. The van der Waals surface area contributed by atoms with Gasteiger partial charge < -0.3 is 0 Å². The fraction of sp³-hybridized carbons (Fsp3) is 0.500. The first-order valence-electron chi connectivity index (χ1n) is 3.80. The molecule has 1 fully saturated rings. The first-order valence-corrected chi connectivity index (χ1v) is 5.06. The molecule has 0 aromatic carbocycles. The topological polar surface area (TPSA) is 0 Å². The van der Waals surface area contributed by atoms with E-state index >= 15 is 0 Å². The number of thioether (sulfide) groups is 1. The number of allylic oxidation sites excluding steroid dienone is 3. The van der Waals surface area contributed by atoms with Gasteiger partial charge in [0, 0.05) is 16.1 Å². The second-order valence-electron chi connectivity index (χ2n) is 3.06. The van der Waals surface area contributed by atoms with Gasteiger partial charge in [0.1, 0.15) is 5.03 Å². The van der Waals surface area contributed by atoms with Crippen LogP contribution in [-0.4, -0.2) is 11.4 Å². The molecule has 0 nitrogen and oxygen atoms in total. The van der Waals surface area contributed by atoms with Crippen molar-refractivity contribution in [2.45, 2.75) is 17.8 Å². The van der Waals surface area contributed by atoms with Crippen LogP contribution in [0.3, 0.4) is 0 Å². The standard InChI is InChI=1S/C8H6ClF3S/c9-7(8(10,11)12)6-4-1-2-5(3-4)13-6/h1-2,4-5H,3H2/b7-6-/t4-,5+/m0/s1. The summed E-state index contributed by atoms with van der Waals surface area (Å²) in [5, 5.41) is -0.731. The molecule has 1 heterocycles. The van der Waals surface area contributed by atoms with Crippen molar-refractivity contribution in [3.63, 3.8) is 0 Å². The Morgan fingerprint density at radius 3 is 2.54 bits per heavy atom. The molecule has 0 N–H and O–H groups in total. The number of halogens is 4. The number of rotatable bonds is 0. The molecule has 2 atom stereocenters. The van der Waals surface area contributed by atoms with Gasteiger partial charge in [-0.15, -0.1) is 11.8 Å². The summed E-state index contributed by atoms with van der Waals surface area (Å²) in [5.41, 5.74) is 0. The Balaban J connectivity index is 2.31. The highest BCUT2D eigenvalue weighted by Gasteiger charge is 2.42. The Morgan fingerprint density at radius 2 is 2.15 bits per heavy atom. The highest BCUT2D eigenvalue weighted by Crippen LogP contribution is 2.52. The summed E-state index contributed by atoms with van der Waals surface area (Å²) in [6, 6.07) is 0. The van der Waals surface area contributed by atoms with Crippen LogP contribution < -0.4 is 0 Å². The van der Waals surface area contributed by atoms with Gasteiger partial charge in [-0.1, -0.05) is 23.8 Å². The molecule has 0 aromatic rings. The minimum atomic E-state index is -4.39. The van der Waals surface area contributed by atoms with Crippen molar-refractivity contribution in [2.75, 3.05) is 0 Å². The summed E-state index contributed by atoms with van der Waals surface area (Å²) < 4.78 is 36.6. The van der Waals surface area contributed by atoms with Crippen molar-refractivity contribution >= 4 is 23.4 Å². The molecule has 0 saturated carbocycles. The fourth-order valence-electron chi connectivity index (χ4n) is 1.55. The Morgan fingerprint density at radius 1 is 1.46 bits per heavy atom. The molecule has 2 rings (SSSR count). The summed E-state index contributed by atoms with van der Waals surface area (Å²) in [6.45, 7) is 0. The maximum Gasteiger partial charge on any atom is 0.427 e. The van der Waals surface area contributed by atoms with Crippen molar-refractivity contribution in [1.29, 1.82) is 0 Å². The first kappa shape index (κ1) is 9.46. The van der Waals surface area contributed by atoms with E-state index < -0.39 is 11.2 Å². The number of hydrogen-bond acceptors (Lipinski definition) is 1. The molecule has 0 spiro atoms. The van der Waals surface area contributed by atoms with Crippen LogP contribution in [0.5, 0.6) is 0 Å². The Hall–Kier alpha value is -0.0900. The zero-order valence-electron chi connectivity index (χ0n) is 6.44. The van der Waals surface area contributed by atoms with E-state index in [4.69, 9.17) is 11.6 Å². The van der Waals surface area contributed by atoms with Crippen molar-refractivity contribution in [1.82, 2.24) is 0 Å². The van der Waals surface area contributed by atoms with Crippen LogP contribution >= 0.6 is 23.4 Å². The molecular formula is C8H6ClF3S. The Labute approximate surface area is 82.8 Å². The highest BCUT2D eigenvalue weighted by molar-refractivity contribution is 8.04. The van der Waals surface area contributed by atoms with E-state index in [2.05, 4.69) is 0 Å². The normalized spacial score (nSPS) is 35.7. The SMILES string of the molecule is FC(F)(F)/C(Cl)=C1/S[C@@H]2C=C[C@H]1C2. The zero-order valence-corrected chi connectivity index (χ0v) is 8.01. The van der Waals surface area contributed by atoms with E-state index in [1.807, 2.05) is 12.2 Å². The molecule has 0 amide bonds. The lowest BCUT2D eigenvalue weighted by atomic mass is 10.1. The van der Waals surface area contributed by atoms with Crippen molar-refractivity contribution in [3.8, 4) is 0 Å². The van der Waals surface area contributed by atoms with Gasteiger partial charge in [0.25, 0.3) is 0 Å². The Kier molecular flexibility index (Phi) is 2.15. The highest BCUT2D eigenvalue weighted by atomic mass is 35.5. The molecule has 72 valence electrons. The van der Waals surface area contributed by atoms with Crippen LogP contribution in [-0.2, 0) is 0 Å².